The second-order valence-corrected chi connectivity index (χ2v) is 5.16. The number of rotatable bonds is 3. The minimum Gasteiger partial charge on any atom is -0.465 e. The summed E-state index contributed by atoms with van der Waals surface area (Å²) in [5.74, 6) is 0.184. The number of esters is 1. The summed E-state index contributed by atoms with van der Waals surface area (Å²) in [7, 11) is 1.33. The third-order valence-electron chi connectivity index (χ3n) is 3.20. The monoisotopic (exact) mass is 316 g/mol. The zero-order valence-corrected chi connectivity index (χ0v) is 12.7. The van der Waals surface area contributed by atoms with Gasteiger partial charge < -0.3 is 15.0 Å². The first-order chi connectivity index (χ1) is 10.6. The van der Waals surface area contributed by atoms with Crippen molar-refractivity contribution in [1.29, 1.82) is 0 Å². The van der Waals surface area contributed by atoms with E-state index in [1.165, 1.54) is 13.4 Å². The molecular weight excluding hydrogens is 304 g/mol. The first kappa shape index (κ1) is 14.3. The summed E-state index contributed by atoms with van der Waals surface area (Å²) >= 11 is 6.18. The van der Waals surface area contributed by atoms with Crippen LogP contribution in [0.1, 0.15) is 16.1 Å². The van der Waals surface area contributed by atoms with Crippen LogP contribution >= 0.6 is 11.6 Å². The van der Waals surface area contributed by atoms with Crippen LogP contribution < -0.4 is 5.32 Å². The van der Waals surface area contributed by atoms with Crippen LogP contribution in [0.25, 0.3) is 11.0 Å². The Bertz CT molecular complexity index is 860. The summed E-state index contributed by atoms with van der Waals surface area (Å²) < 4.78 is 4.71. The highest BCUT2D eigenvalue weighted by Crippen LogP contribution is 2.29. The number of carbonyl (C=O) groups is 1. The molecule has 0 saturated carbocycles. The van der Waals surface area contributed by atoms with Crippen molar-refractivity contribution < 1.29 is 9.53 Å². The number of anilines is 2. The maximum absolute atomic E-state index is 11.6. The zero-order chi connectivity index (χ0) is 15.7. The van der Waals surface area contributed by atoms with Gasteiger partial charge in [-0.15, -0.1) is 0 Å². The van der Waals surface area contributed by atoms with Crippen molar-refractivity contribution in [3.8, 4) is 0 Å². The van der Waals surface area contributed by atoms with Crippen LogP contribution in [-0.2, 0) is 4.74 Å². The van der Waals surface area contributed by atoms with E-state index in [-0.39, 0.29) is 0 Å². The van der Waals surface area contributed by atoms with Crippen LogP contribution in [0.5, 0.6) is 0 Å². The Morgan fingerprint density at radius 1 is 1.32 bits per heavy atom. The number of nitrogens with zero attached hydrogens (tertiary/aromatic N) is 2. The quantitative estimate of drug-likeness (QED) is 0.723. The third kappa shape index (κ3) is 2.60. The van der Waals surface area contributed by atoms with Gasteiger partial charge in [0.25, 0.3) is 0 Å². The van der Waals surface area contributed by atoms with E-state index in [1.54, 1.807) is 18.2 Å². The van der Waals surface area contributed by atoms with Crippen LogP contribution in [0.15, 0.2) is 30.6 Å². The van der Waals surface area contributed by atoms with Gasteiger partial charge in [-0.1, -0.05) is 11.6 Å². The largest absolute Gasteiger partial charge is 0.465 e. The van der Waals surface area contributed by atoms with Gasteiger partial charge in [0.1, 0.15) is 17.8 Å². The number of hydrogen-bond acceptors (Lipinski definition) is 5. The van der Waals surface area contributed by atoms with Gasteiger partial charge in [0.15, 0.2) is 0 Å². The molecule has 0 fully saturated rings. The lowest BCUT2D eigenvalue weighted by molar-refractivity contribution is 0.0601. The number of ether oxygens (including phenoxy) is 1. The molecule has 0 atom stereocenters. The van der Waals surface area contributed by atoms with Gasteiger partial charge in [0.05, 0.1) is 28.8 Å². The first-order valence-corrected chi connectivity index (χ1v) is 6.91. The normalized spacial score (nSPS) is 10.7. The van der Waals surface area contributed by atoms with E-state index in [9.17, 15) is 4.79 Å². The molecule has 0 aliphatic heterocycles. The number of benzene rings is 1. The molecule has 0 bridgehead atoms. The molecule has 2 N–H and O–H groups in total. The number of hydrogen-bond donors (Lipinski definition) is 2. The minimum atomic E-state index is -0.426. The maximum Gasteiger partial charge on any atom is 0.337 e. The number of carbonyl (C=O) groups excluding carboxylic acids is 1. The topological polar surface area (TPSA) is 79.9 Å². The Hall–Kier alpha value is -2.60. The Morgan fingerprint density at radius 3 is 2.91 bits per heavy atom. The fourth-order valence-corrected chi connectivity index (χ4v) is 2.33. The smallest absolute Gasteiger partial charge is 0.337 e. The number of fused-ring (bicyclic) bond motifs is 1. The van der Waals surface area contributed by atoms with Crippen LogP contribution in [0.4, 0.5) is 11.5 Å². The van der Waals surface area contributed by atoms with E-state index >= 15 is 0 Å². The average molecular weight is 317 g/mol. The van der Waals surface area contributed by atoms with Crippen molar-refractivity contribution in [3.63, 3.8) is 0 Å². The van der Waals surface area contributed by atoms with Crippen LogP contribution in [-0.4, -0.2) is 28.0 Å². The Balaban J connectivity index is 2.03. The summed E-state index contributed by atoms with van der Waals surface area (Å²) in [6.07, 6.45) is 1.46. The van der Waals surface area contributed by atoms with Gasteiger partial charge in [-0.2, -0.15) is 0 Å². The van der Waals surface area contributed by atoms with Crippen LogP contribution in [0.2, 0.25) is 5.02 Å². The molecule has 0 saturated heterocycles. The van der Waals surface area contributed by atoms with E-state index in [0.29, 0.717) is 22.1 Å². The number of methoxy groups -OCH3 is 1. The average Bonchev–Trinajstić information content (AvgIpc) is 2.90. The lowest BCUT2D eigenvalue weighted by Crippen LogP contribution is -2.03. The zero-order valence-electron chi connectivity index (χ0n) is 12.0. The van der Waals surface area contributed by atoms with Gasteiger partial charge in [-0.25, -0.2) is 14.8 Å². The van der Waals surface area contributed by atoms with Crippen molar-refractivity contribution in [2.45, 2.75) is 6.92 Å². The molecule has 22 heavy (non-hydrogen) atoms. The third-order valence-corrected chi connectivity index (χ3v) is 3.53. The van der Waals surface area contributed by atoms with Gasteiger partial charge in [0.2, 0.25) is 0 Å². The molecule has 2 heterocycles. The highest BCUT2D eigenvalue weighted by atomic mass is 35.5. The molecule has 0 spiro atoms. The highest BCUT2D eigenvalue weighted by molar-refractivity contribution is 6.33. The van der Waals surface area contributed by atoms with Crippen molar-refractivity contribution >= 4 is 40.1 Å². The van der Waals surface area contributed by atoms with E-state index in [4.69, 9.17) is 16.3 Å². The molecule has 0 unspecified atom stereocenters. The van der Waals surface area contributed by atoms with E-state index in [0.717, 1.165) is 16.7 Å². The van der Waals surface area contributed by atoms with Crippen molar-refractivity contribution in [1.82, 2.24) is 15.0 Å². The summed E-state index contributed by atoms with van der Waals surface area (Å²) in [5.41, 5.74) is 2.69. The predicted octanol–water partition coefficient (Wildman–Crippen LogP) is 3.45. The van der Waals surface area contributed by atoms with Crippen LogP contribution in [0.3, 0.4) is 0 Å². The minimum absolute atomic E-state index is 0.407. The second kappa shape index (κ2) is 5.65. The number of nitrogens with one attached hydrogen (secondary N) is 2. The van der Waals surface area contributed by atoms with E-state index < -0.39 is 5.97 Å². The van der Waals surface area contributed by atoms with Gasteiger partial charge in [-0.3, -0.25) is 0 Å². The number of aryl methyl sites for hydroxylation is 1. The molecule has 0 amide bonds. The molecule has 112 valence electrons. The molecule has 0 aliphatic rings. The molecule has 3 rings (SSSR count). The molecule has 7 heteroatoms. The second-order valence-electron chi connectivity index (χ2n) is 4.75. The molecule has 6 nitrogen and oxygen atoms in total. The van der Waals surface area contributed by atoms with Gasteiger partial charge >= 0.3 is 5.97 Å². The maximum atomic E-state index is 11.6. The summed E-state index contributed by atoms with van der Waals surface area (Å²) in [6, 6.07) is 6.81. The first-order valence-electron chi connectivity index (χ1n) is 6.53. The lowest BCUT2D eigenvalue weighted by atomic mass is 10.2. The number of H-pyrrole nitrogens is 1. The molecular formula is C15H13ClN4O2. The molecule has 1 aromatic carbocycles. The molecule has 0 aliphatic carbocycles. The molecule has 2 aromatic heterocycles. The summed E-state index contributed by atoms with van der Waals surface area (Å²) in [4.78, 5) is 23.2. The number of halogens is 1. The molecule has 3 aromatic rings. The van der Waals surface area contributed by atoms with Crippen molar-refractivity contribution in [2.24, 2.45) is 0 Å². The summed E-state index contributed by atoms with van der Waals surface area (Å²) in [6.45, 7) is 1.94. The lowest BCUT2D eigenvalue weighted by Gasteiger charge is -2.09. The number of aromatic nitrogens is 3. The van der Waals surface area contributed by atoms with E-state index in [2.05, 4.69) is 20.3 Å². The van der Waals surface area contributed by atoms with Gasteiger partial charge in [-0.05, 0) is 31.2 Å². The van der Waals surface area contributed by atoms with E-state index in [1.807, 2.05) is 13.0 Å². The highest BCUT2D eigenvalue weighted by Gasteiger charge is 2.12. The summed E-state index contributed by atoms with van der Waals surface area (Å²) in [5, 5.41) is 4.46. The predicted molar refractivity (Wildman–Crippen MR) is 84.7 cm³/mol. The van der Waals surface area contributed by atoms with Crippen LogP contribution in [0, 0.1) is 6.92 Å². The van der Waals surface area contributed by atoms with Crippen molar-refractivity contribution in [3.05, 3.63) is 46.9 Å². The Labute approximate surface area is 131 Å². The van der Waals surface area contributed by atoms with Crippen molar-refractivity contribution in [2.75, 3.05) is 12.4 Å². The molecule has 0 radical (unpaired) electrons. The standard InChI is InChI=1S/C15H13ClN4O2/c1-8-5-10-13(19-8)17-7-18-14(10)20-12-6-9(15(21)22-2)3-4-11(12)16/h3-7H,1-2H3,(H2,17,18,19,20). The fraction of sp³-hybridized carbons (Fsp3) is 0.133. The Morgan fingerprint density at radius 2 is 2.14 bits per heavy atom. The fourth-order valence-electron chi connectivity index (χ4n) is 2.16. The Kier molecular flexibility index (Phi) is 3.68. The van der Waals surface area contributed by atoms with Gasteiger partial charge in [0, 0.05) is 5.69 Å². The SMILES string of the molecule is COC(=O)c1ccc(Cl)c(Nc2ncnc3[nH]c(C)cc23)c1. The number of aromatic amines is 1.